The maximum absolute atomic E-state index is 12.1. The van der Waals surface area contributed by atoms with E-state index < -0.39 is 0 Å². The summed E-state index contributed by atoms with van der Waals surface area (Å²) in [7, 11) is 0. The zero-order chi connectivity index (χ0) is 13.1. The minimum absolute atomic E-state index is 0.158. The summed E-state index contributed by atoms with van der Waals surface area (Å²) in [4.78, 5) is 19.2. The van der Waals surface area contributed by atoms with Crippen molar-refractivity contribution in [1.82, 2.24) is 9.88 Å². The molecule has 0 N–H and O–H groups in total. The molecule has 0 bridgehead atoms. The number of carbonyl (C=O) groups excluding carboxylic acids is 1. The second-order valence-corrected chi connectivity index (χ2v) is 5.58. The maximum atomic E-state index is 12.1. The van der Waals surface area contributed by atoms with E-state index in [-0.39, 0.29) is 5.91 Å². The molecule has 0 spiro atoms. The molecular formula is C15H14N2OS. The predicted octanol–water partition coefficient (Wildman–Crippen LogP) is 2.83. The highest BCUT2D eigenvalue weighted by Gasteiger charge is 2.25. The molecule has 1 aliphatic heterocycles. The highest BCUT2D eigenvalue weighted by molar-refractivity contribution is 7.99. The van der Waals surface area contributed by atoms with Crippen LogP contribution in [-0.2, 0) is 6.54 Å². The van der Waals surface area contributed by atoms with Crippen molar-refractivity contribution in [3.05, 3.63) is 59.9 Å². The van der Waals surface area contributed by atoms with Crippen molar-refractivity contribution in [3.63, 3.8) is 0 Å². The Balaban J connectivity index is 1.57. The highest BCUT2D eigenvalue weighted by Crippen LogP contribution is 2.23. The van der Waals surface area contributed by atoms with Gasteiger partial charge in [-0.2, -0.15) is 0 Å². The Hall–Kier alpha value is -1.81. The minimum Gasteiger partial charge on any atom is -0.333 e. The number of thioether (sulfide) groups is 1. The molecule has 0 atom stereocenters. The monoisotopic (exact) mass is 270 g/mol. The maximum Gasteiger partial charge on any atom is 0.254 e. The van der Waals surface area contributed by atoms with Crippen molar-refractivity contribution >= 4 is 17.7 Å². The topological polar surface area (TPSA) is 33.2 Å². The van der Waals surface area contributed by atoms with Gasteiger partial charge in [0.1, 0.15) is 0 Å². The number of amides is 1. The number of hydrogen-bond donors (Lipinski definition) is 0. The van der Waals surface area contributed by atoms with Crippen molar-refractivity contribution in [2.45, 2.75) is 11.4 Å². The van der Waals surface area contributed by atoms with Crippen molar-refractivity contribution < 1.29 is 4.79 Å². The molecule has 0 radical (unpaired) electrons. The Labute approximate surface area is 116 Å². The number of nitrogens with zero attached hydrogens (tertiary/aromatic N) is 2. The lowest BCUT2D eigenvalue weighted by molar-refractivity contribution is 0.0788. The van der Waals surface area contributed by atoms with Crippen LogP contribution >= 0.6 is 11.8 Å². The van der Waals surface area contributed by atoms with Crippen LogP contribution < -0.4 is 0 Å². The number of rotatable bonds is 4. The smallest absolute Gasteiger partial charge is 0.254 e. The fourth-order valence-electron chi connectivity index (χ4n) is 2.20. The molecule has 0 saturated heterocycles. The van der Waals surface area contributed by atoms with E-state index in [1.54, 1.807) is 24.2 Å². The van der Waals surface area contributed by atoms with Crippen molar-refractivity contribution in [2.75, 3.05) is 12.3 Å². The molecule has 96 valence electrons. The minimum atomic E-state index is 0.158. The molecule has 0 aliphatic carbocycles. The first-order valence-electron chi connectivity index (χ1n) is 6.24. The summed E-state index contributed by atoms with van der Waals surface area (Å²) in [6.07, 6.45) is 3.58. The molecule has 1 aromatic heterocycles. The summed E-state index contributed by atoms with van der Waals surface area (Å²) in [6.45, 7) is 1.52. The zero-order valence-corrected chi connectivity index (χ0v) is 11.3. The normalized spacial score (nSPS) is 13.7. The lowest BCUT2D eigenvalue weighted by atomic mass is 10.1. The summed E-state index contributed by atoms with van der Waals surface area (Å²) in [6, 6.07) is 11.8. The first kappa shape index (κ1) is 12.2. The molecule has 0 unspecified atom stereocenters. The molecule has 4 heteroatoms. The lowest BCUT2D eigenvalue weighted by Gasteiger charge is -2.14. The van der Waals surface area contributed by atoms with Gasteiger partial charge in [0.25, 0.3) is 5.91 Å². The van der Waals surface area contributed by atoms with Gasteiger partial charge >= 0.3 is 0 Å². The Morgan fingerprint density at radius 2 is 1.95 bits per heavy atom. The number of pyridine rings is 1. The van der Waals surface area contributed by atoms with E-state index in [0.717, 1.165) is 30.0 Å². The van der Waals surface area contributed by atoms with E-state index in [0.29, 0.717) is 0 Å². The molecule has 1 amide bonds. The fourth-order valence-corrected chi connectivity index (χ4v) is 3.06. The van der Waals surface area contributed by atoms with Crippen LogP contribution in [0.2, 0.25) is 0 Å². The van der Waals surface area contributed by atoms with E-state index >= 15 is 0 Å². The van der Waals surface area contributed by atoms with Crippen molar-refractivity contribution in [3.8, 4) is 0 Å². The summed E-state index contributed by atoms with van der Waals surface area (Å²) in [5, 5.41) is 0. The number of aromatic nitrogens is 1. The highest BCUT2D eigenvalue weighted by atomic mass is 32.2. The Morgan fingerprint density at radius 3 is 2.74 bits per heavy atom. The third-order valence-electron chi connectivity index (χ3n) is 3.18. The molecule has 3 nitrogen and oxygen atoms in total. The molecule has 3 rings (SSSR count). The first-order valence-corrected chi connectivity index (χ1v) is 7.23. The Bertz CT molecular complexity index is 586. The van der Waals surface area contributed by atoms with Gasteiger partial charge in [-0.15, -0.1) is 11.8 Å². The van der Waals surface area contributed by atoms with Crippen LogP contribution in [0.1, 0.15) is 15.9 Å². The fraction of sp³-hybridized carbons (Fsp3) is 0.200. The quantitative estimate of drug-likeness (QED) is 0.801. The van der Waals surface area contributed by atoms with E-state index in [9.17, 15) is 4.79 Å². The van der Waals surface area contributed by atoms with Crippen LogP contribution in [0.25, 0.3) is 0 Å². The van der Waals surface area contributed by atoms with Crippen LogP contribution in [0.5, 0.6) is 0 Å². The molecule has 1 aromatic carbocycles. The lowest BCUT2D eigenvalue weighted by Crippen LogP contribution is -2.26. The van der Waals surface area contributed by atoms with Crippen LogP contribution in [0.3, 0.4) is 0 Å². The van der Waals surface area contributed by atoms with E-state index in [4.69, 9.17) is 0 Å². The van der Waals surface area contributed by atoms with Gasteiger partial charge in [0.2, 0.25) is 0 Å². The van der Waals surface area contributed by atoms with Crippen LogP contribution in [0, 0.1) is 0 Å². The molecule has 2 aromatic rings. The molecule has 0 fully saturated rings. The number of hydrogen-bond acceptors (Lipinski definition) is 3. The van der Waals surface area contributed by atoms with Gasteiger partial charge in [0.15, 0.2) is 0 Å². The summed E-state index contributed by atoms with van der Waals surface area (Å²) < 4.78 is 0. The number of benzene rings is 1. The van der Waals surface area contributed by atoms with Gasteiger partial charge in [0, 0.05) is 41.7 Å². The number of fused-ring (bicyclic) bond motifs is 1. The van der Waals surface area contributed by atoms with Crippen molar-refractivity contribution in [1.29, 1.82) is 0 Å². The molecule has 1 aliphatic rings. The Kier molecular flexibility index (Phi) is 3.51. The summed E-state index contributed by atoms with van der Waals surface area (Å²) >= 11 is 1.75. The van der Waals surface area contributed by atoms with Gasteiger partial charge in [0.05, 0.1) is 0 Å². The second-order valence-electron chi connectivity index (χ2n) is 4.42. The molecule has 19 heavy (non-hydrogen) atoms. The van der Waals surface area contributed by atoms with Gasteiger partial charge in [-0.1, -0.05) is 18.2 Å². The summed E-state index contributed by atoms with van der Waals surface area (Å²) in [5.41, 5.74) is 2.00. The number of carbonyl (C=O) groups is 1. The largest absolute Gasteiger partial charge is 0.333 e. The summed E-state index contributed by atoms with van der Waals surface area (Å²) in [5.74, 6) is 1.06. The van der Waals surface area contributed by atoms with Crippen molar-refractivity contribution in [2.24, 2.45) is 0 Å². The van der Waals surface area contributed by atoms with Crippen LogP contribution in [-0.4, -0.2) is 28.1 Å². The molecule has 2 heterocycles. The SMILES string of the molecule is O=C1c2ccccc2CN1CCSc1ccncc1. The molecular weight excluding hydrogens is 256 g/mol. The molecule has 0 saturated carbocycles. The standard InChI is InChI=1S/C15H14N2OS/c18-15-14-4-2-1-3-12(14)11-17(15)9-10-19-13-5-7-16-8-6-13/h1-8H,9-11H2. The van der Waals surface area contributed by atoms with Crippen LogP contribution in [0.4, 0.5) is 0 Å². The average Bonchev–Trinajstić information content (AvgIpc) is 2.78. The van der Waals surface area contributed by atoms with Gasteiger partial charge in [-0.25, -0.2) is 0 Å². The zero-order valence-electron chi connectivity index (χ0n) is 10.5. The van der Waals surface area contributed by atoms with Gasteiger partial charge in [-0.3, -0.25) is 9.78 Å². The van der Waals surface area contributed by atoms with Gasteiger partial charge in [-0.05, 0) is 23.8 Å². The third-order valence-corrected chi connectivity index (χ3v) is 4.17. The Morgan fingerprint density at radius 1 is 1.16 bits per heavy atom. The van der Waals surface area contributed by atoms with Crippen LogP contribution in [0.15, 0.2) is 53.7 Å². The van der Waals surface area contributed by atoms with E-state index in [2.05, 4.69) is 4.98 Å². The third kappa shape index (κ3) is 2.63. The van der Waals surface area contributed by atoms with E-state index in [1.165, 1.54) is 4.90 Å². The first-order chi connectivity index (χ1) is 9.34. The average molecular weight is 270 g/mol. The van der Waals surface area contributed by atoms with E-state index in [1.807, 2.05) is 41.3 Å². The van der Waals surface area contributed by atoms with Gasteiger partial charge < -0.3 is 4.90 Å². The second kappa shape index (κ2) is 5.45. The predicted molar refractivity (Wildman–Crippen MR) is 76.1 cm³/mol.